The summed E-state index contributed by atoms with van der Waals surface area (Å²) < 4.78 is 5.39. The van der Waals surface area contributed by atoms with Crippen molar-refractivity contribution in [2.45, 2.75) is 0 Å². The molecule has 0 aliphatic carbocycles. The van der Waals surface area contributed by atoms with Gasteiger partial charge < -0.3 is 9.64 Å². The summed E-state index contributed by atoms with van der Waals surface area (Å²) in [6.45, 7) is 1.47. The molecule has 5 heteroatoms. The van der Waals surface area contributed by atoms with E-state index in [2.05, 4.69) is 0 Å². The highest BCUT2D eigenvalue weighted by Gasteiger charge is 2.26. The summed E-state index contributed by atoms with van der Waals surface area (Å²) in [5.41, 5.74) is 2.84. The van der Waals surface area contributed by atoms with Crippen molar-refractivity contribution in [3.63, 3.8) is 0 Å². The summed E-state index contributed by atoms with van der Waals surface area (Å²) in [6, 6.07) is 13.6. The van der Waals surface area contributed by atoms with Crippen LogP contribution in [0, 0.1) is 0 Å². The molecule has 0 N–H and O–H groups in total. The van der Waals surface area contributed by atoms with Gasteiger partial charge in [0, 0.05) is 31.4 Å². The molecule has 2 aromatic carbocycles. The predicted octanol–water partition coefficient (Wildman–Crippen LogP) is 3.89. The molecular formula is C17H17ClN2O2. The van der Waals surface area contributed by atoms with Crippen LogP contribution in [0.5, 0.6) is 5.75 Å². The number of nitrogens with zero attached hydrogens (tertiary/aromatic N) is 2. The maximum atomic E-state index is 12.0. The van der Waals surface area contributed by atoms with Crippen molar-refractivity contribution in [1.82, 2.24) is 4.90 Å². The molecule has 1 saturated heterocycles. The number of carbonyl (C=O) groups is 1. The number of benzene rings is 2. The maximum absolute atomic E-state index is 12.0. The van der Waals surface area contributed by atoms with Crippen LogP contribution in [-0.2, 0) is 0 Å². The molecule has 4 nitrogen and oxygen atoms in total. The molecule has 0 radical (unpaired) electrons. The monoisotopic (exact) mass is 316 g/mol. The van der Waals surface area contributed by atoms with Crippen LogP contribution in [0.4, 0.5) is 10.5 Å². The Morgan fingerprint density at radius 1 is 1.09 bits per heavy atom. The van der Waals surface area contributed by atoms with Crippen LogP contribution in [0.2, 0.25) is 5.02 Å². The second kappa shape index (κ2) is 5.89. The second-order valence-corrected chi connectivity index (χ2v) is 5.63. The molecule has 114 valence electrons. The smallest absolute Gasteiger partial charge is 0.324 e. The molecule has 1 aliphatic rings. The number of rotatable bonds is 3. The molecule has 2 aromatic rings. The first-order chi connectivity index (χ1) is 10.6. The molecular weight excluding hydrogens is 300 g/mol. The number of methoxy groups -OCH3 is 1. The van der Waals surface area contributed by atoms with Gasteiger partial charge in [0.15, 0.2) is 0 Å². The van der Waals surface area contributed by atoms with Crippen LogP contribution in [0.1, 0.15) is 0 Å². The van der Waals surface area contributed by atoms with Gasteiger partial charge in [0.1, 0.15) is 5.75 Å². The Morgan fingerprint density at radius 2 is 1.82 bits per heavy atom. The third-order valence-electron chi connectivity index (χ3n) is 3.88. The van der Waals surface area contributed by atoms with Crippen LogP contribution in [0.15, 0.2) is 42.5 Å². The lowest BCUT2D eigenvalue weighted by atomic mass is 10.0. The van der Waals surface area contributed by atoms with Crippen LogP contribution >= 0.6 is 11.6 Å². The van der Waals surface area contributed by atoms with Crippen LogP contribution in [0.3, 0.4) is 0 Å². The van der Waals surface area contributed by atoms with Gasteiger partial charge in [-0.25, -0.2) is 4.79 Å². The fraction of sp³-hybridized carbons (Fsp3) is 0.235. The summed E-state index contributed by atoms with van der Waals surface area (Å²) in [4.78, 5) is 15.5. The summed E-state index contributed by atoms with van der Waals surface area (Å²) in [5, 5.41) is 0.584. The average Bonchev–Trinajstić information content (AvgIpc) is 2.87. The lowest BCUT2D eigenvalue weighted by molar-refractivity contribution is 0.229. The van der Waals surface area contributed by atoms with E-state index in [0.717, 1.165) is 29.9 Å². The zero-order valence-corrected chi connectivity index (χ0v) is 13.3. The SMILES string of the molecule is COc1c(Cl)cccc1-c1ccc(N2CCN(C)C2=O)cc1. The maximum Gasteiger partial charge on any atom is 0.324 e. The highest BCUT2D eigenvalue weighted by atomic mass is 35.5. The summed E-state index contributed by atoms with van der Waals surface area (Å²) >= 11 is 6.17. The fourth-order valence-electron chi connectivity index (χ4n) is 2.65. The van der Waals surface area contributed by atoms with Gasteiger partial charge in [0.2, 0.25) is 0 Å². The highest BCUT2D eigenvalue weighted by molar-refractivity contribution is 6.32. The molecule has 0 atom stereocenters. The van der Waals surface area contributed by atoms with E-state index < -0.39 is 0 Å². The molecule has 1 heterocycles. The van der Waals surface area contributed by atoms with E-state index in [4.69, 9.17) is 16.3 Å². The minimum atomic E-state index is 0.0353. The number of halogens is 1. The lowest BCUT2D eigenvalue weighted by Crippen LogP contribution is -2.29. The lowest BCUT2D eigenvalue weighted by Gasteiger charge is -2.17. The Balaban J connectivity index is 1.92. The second-order valence-electron chi connectivity index (χ2n) is 5.22. The normalized spacial score (nSPS) is 14.6. The predicted molar refractivity (Wildman–Crippen MR) is 88.8 cm³/mol. The standard InChI is InChI=1S/C17H17ClN2O2/c1-19-10-11-20(17(19)21)13-8-6-12(7-9-13)14-4-3-5-15(18)16(14)22-2/h3-9H,10-11H2,1-2H3. The number of carbonyl (C=O) groups excluding carboxylic acids is 1. The number of hydrogen-bond acceptors (Lipinski definition) is 2. The van der Waals surface area contributed by atoms with Crippen LogP contribution in [-0.4, -0.2) is 38.2 Å². The number of urea groups is 1. The Labute approximate surface area is 134 Å². The van der Waals surface area contributed by atoms with Crippen molar-refractivity contribution >= 4 is 23.3 Å². The van der Waals surface area contributed by atoms with E-state index in [9.17, 15) is 4.79 Å². The number of hydrogen-bond donors (Lipinski definition) is 0. The quantitative estimate of drug-likeness (QED) is 0.860. The van der Waals surface area contributed by atoms with Gasteiger partial charge in [-0.15, -0.1) is 0 Å². The molecule has 0 spiro atoms. The summed E-state index contributed by atoms with van der Waals surface area (Å²) in [5.74, 6) is 0.661. The number of para-hydroxylation sites is 1. The van der Waals surface area contributed by atoms with E-state index in [1.54, 1.807) is 23.0 Å². The minimum Gasteiger partial charge on any atom is -0.495 e. The van der Waals surface area contributed by atoms with Gasteiger partial charge in [-0.2, -0.15) is 0 Å². The molecule has 0 aromatic heterocycles. The first-order valence-corrected chi connectivity index (χ1v) is 7.45. The molecule has 1 aliphatic heterocycles. The third-order valence-corrected chi connectivity index (χ3v) is 4.18. The largest absolute Gasteiger partial charge is 0.495 e. The topological polar surface area (TPSA) is 32.8 Å². The van der Waals surface area contributed by atoms with Gasteiger partial charge in [-0.3, -0.25) is 4.90 Å². The molecule has 3 rings (SSSR count). The number of ether oxygens (including phenoxy) is 1. The Morgan fingerprint density at radius 3 is 2.41 bits per heavy atom. The highest BCUT2D eigenvalue weighted by Crippen LogP contribution is 2.36. The molecule has 22 heavy (non-hydrogen) atoms. The van der Waals surface area contributed by atoms with Crippen molar-refractivity contribution < 1.29 is 9.53 Å². The van der Waals surface area contributed by atoms with Gasteiger partial charge >= 0.3 is 6.03 Å². The number of anilines is 1. The fourth-order valence-corrected chi connectivity index (χ4v) is 2.90. The van der Waals surface area contributed by atoms with E-state index in [1.165, 1.54) is 0 Å². The summed E-state index contributed by atoms with van der Waals surface area (Å²) in [7, 11) is 3.42. The van der Waals surface area contributed by atoms with Crippen LogP contribution < -0.4 is 9.64 Å². The zero-order valence-electron chi connectivity index (χ0n) is 12.5. The van der Waals surface area contributed by atoms with Gasteiger partial charge in [0.05, 0.1) is 12.1 Å². The van der Waals surface area contributed by atoms with Crippen molar-refractivity contribution in [2.75, 3.05) is 32.1 Å². The molecule has 2 amide bonds. The number of likely N-dealkylation sites (N-methyl/N-ethyl adjacent to an activating group) is 1. The average molecular weight is 317 g/mol. The molecule has 0 saturated carbocycles. The number of amides is 2. The Hall–Kier alpha value is -2.20. The summed E-state index contributed by atoms with van der Waals surface area (Å²) in [6.07, 6.45) is 0. The van der Waals surface area contributed by atoms with Gasteiger partial charge in [0.25, 0.3) is 0 Å². The first-order valence-electron chi connectivity index (χ1n) is 7.07. The van der Waals surface area contributed by atoms with Crippen molar-refractivity contribution in [1.29, 1.82) is 0 Å². The van der Waals surface area contributed by atoms with Crippen molar-refractivity contribution in [3.05, 3.63) is 47.5 Å². The van der Waals surface area contributed by atoms with E-state index in [0.29, 0.717) is 10.8 Å². The van der Waals surface area contributed by atoms with E-state index >= 15 is 0 Å². The van der Waals surface area contributed by atoms with E-state index in [1.807, 2.05) is 43.4 Å². The van der Waals surface area contributed by atoms with Crippen molar-refractivity contribution in [3.8, 4) is 16.9 Å². The third kappa shape index (κ3) is 2.50. The molecule has 0 unspecified atom stereocenters. The first kappa shape index (κ1) is 14.7. The zero-order chi connectivity index (χ0) is 15.7. The molecule has 0 bridgehead atoms. The minimum absolute atomic E-state index is 0.0353. The van der Waals surface area contributed by atoms with Gasteiger partial charge in [-0.05, 0) is 23.8 Å². The van der Waals surface area contributed by atoms with Crippen LogP contribution in [0.25, 0.3) is 11.1 Å². The van der Waals surface area contributed by atoms with E-state index in [-0.39, 0.29) is 6.03 Å². The van der Waals surface area contributed by atoms with Crippen molar-refractivity contribution in [2.24, 2.45) is 0 Å². The Bertz CT molecular complexity index is 700. The Kier molecular flexibility index (Phi) is 3.94. The van der Waals surface area contributed by atoms with Gasteiger partial charge in [-0.1, -0.05) is 35.9 Å². The molecule has 1 fully saturated rings.